The Morgan fingerprint density at radius 3 is 2.50 bits per heavy atom. The zero-order valence-electron chi connectivity index (χ0n) is 11.9. The van der Waals surface area contributed by atoms with Crippen LogP contribution < -0.4 is 5.32 Å². The van der Waals surface area contributed by atoms with Gasteiger partial charge in [-0.15, -0.1) is 11.8 Å². The Labute approximate surface area is 125 Å². The van der Waals surface area contributed by atoms with Crippen molar-refractivity contribution < 1.29 is 12.8 Å². The van der Waals surface area contributed by atoms with Gasteiger partial charge in [0, 0.05) is 22.4 Å². The largest absolute Gasteiger partial charge is 0.316 e. The topological polar surface area (TPSA) is 46.2 Å². The third kappa shape index (κ3) is 6.72. The molecule has 0 saturated carbocycles. The minimum Gasteiger partial charge on any atom is -0.316 e. The monoisotopic (exact) mass is 319 g/mol. The Morgan fingerprint density at radius 2 is 1.95 bits per heavy atom. The quantitative estimate of drug-likeness (QED) is 0.711. The van der Waals surface area contributed by atoms with Crippen LogP contribution in [0.1, 0.15) is 19.8 Å². The van der Waals surface area contributed by atoms with Crippen LogP contribution in [0.5, 0.6) is 0 Å². The van der Waals surface area contributed by atoms with E-state index in [2.05, 4.69) is 5.32 Å². The number of benzene rings is 1. The number of thioether (sulfide) groups is 1. The molecular weight excluding hydrogens is 297 g/mol. The normalized spacial score (nSPS) is 13.3. The Balaban J connectivity index is 2.34. The number of hydrogen-bond acceptors (Lipinski definition) is 4. The molecule has 1 N–H and O–H groups in total. The predicted octanol–water partition coefficient (Wildman–Crippen LogP) is 2.72. The maximum atomic E-state index is 12.8. The Morgan fingerprint density at radius 1 is 1.30 bits per heavy atom. The van der Waals surface area contributed by atoms with Crippen molar-refractivity contribution in [2.75, 3.05) is 24.3 Å². The molecule has 1 aromatic rings. The third-order valence-electron chi connectivity index (χ3n) is 3.12. The van der Waals surface area contributed by atoms with Crippen molar-refractivity contribution in [1.29, 1.82) is 0 Å². The summed E-state index contributed by atoms with van der Waals surface area (Å²) < 4.78 is 35.6. The van der Waals surface area contributed by atoms with Gasteiger partial charge in [-0.05, 0) is 44.2 Å². The molecule has 0 heterocycles. The molecule has 0 fully saturated rings. The van der Waals surface area contributed by atoms with Gasteiger partial charge in [-0.25, -0.2) is 12.8 Å². The fourth-order valence-corrected chi connectivity index (χ4v) is 3.68. The van der Waals surface area contributed by atoms with Gasteiger partial charge in [-0.2, -0.15) is 0 Å². The number of halogens is 1. The lowest BCUT2D eigenvalue weighted by molar-refractivity contribution is 0.554. The van der Waals surface area contributed by atoms with Gasteiger partial charge < -0.3 is 5.32 Å². The van der Waals surface area contributed by atoms with Crippen molar-refractivity contribution in [3.63, 3.8) is 0 Å². The first-order chi connectivity index (χ1) is 9.46. The van der Waals surface area contributed by atoms with Gasteiger partial charge in [-0.1, -0.05) is 6.92 Å². The van der Waals surface area contributed by atoms with Crippen LogP contribution in [0.4, 0.5) is 4.39 Å². The highest BCUT2D eigenvalue weighted by Crippen LogP contribution is 2.20. The van der Waals surface area contributed by atoms with E-state index < -0.39 is 9.84 Å². The molecule has 114 valence electrons. The second-order valence-electron chi connectivity index (χ2n) is 4.63. The van der Waals surface area contributed by atoms with E-state index in [9.17, 15) is 12.8 Å². The van der Waals surface area contributed by atoms with Crippen molar-refractivity contribution in [1.82, 2.24) is 5.32 Å². The first-order valence-electron chi connectivity index (χ1n) is 6.73. The maximum absolute atomic E-state index is 12.8. The molecule has 6 heteroatoms. The van der Waals surface area contributed by atoms with Gasteiger partial charge >= 0.3 is 0 Å². The lowest BCUT2D eigenvalue weighted by atomic mass is 10.2. The van der Waals surface area contributed by atoms with Crippen molar-refractivity contribution >= 4 is 21.6 Å². The molecule has 0 radical (unpaired) electrons. The molecule has 0 aromatic heterocycles. The molecule has 0 saturated heterocycles. The molecule has 0 amide bonds. The predicted molar refractivity (Wildman–Crippen MR) is 83.5 cm³/mol. The van der Waals surface area contributed by atoms with Crippen molar-refractivity contribution in [2.45, 2.75) is 30.7 Å². The molecule has 0 aliphatic rings. The van der Waals surface area contributed by atoms with Crippen LogP contribution in [0.3, 0.4) is 0 Å². The summed E-state index contributed by atoms with van der Waals surface area (Å²) in [6, 6.07) is 6.68. The van der Waals surface area contributed by atoms with E-state index in [4.69, 9.17) is 0 Å². The van der Waals surface area contributed by atoms with Crippen LogP contribution in [0, 0.1) is 5.82 Å². The van der Waals surface area contributed by atoms with Crippen molar-refractivity contribution in [2.24, 2.45) is 0 Å². The summed E-state index contributed by atoms with van der Waals surface area (Å²) in [4.78, 5) is 1.02. The number of sulfone groups is 1. The fourth-order valence-electron chi connectivity index (χ4n) is 1.73. The van der Waals surface area contributed by atoms with Gasteiger partial charge in [-0.3, -0.25) is 0 Å². The number of hydrogen-bond donors (Lipinski definition) is 1. The highest BCUT2D eigenvalue weighted by Gasteiger charge is 2.11. The van der Waals surface area contributed by atoms with E-state index in [1.807, 2.05) is 7.05 Å². The first-order valence-corrected chi connectivity index (χ1v) is 9.53. The second-order valence-corrected chi connectivity index (χ2v) is 8.20. The van der Waals surface area contributed by atoms with Gasteiger partial charge in [0.05, 0.1) is 5.75 Å². The highest BCUT2D eigenvalue weighted by molar-refractivity contribution is 7.99. The van der Waals surface area contributed by atoms with Crippen LogP contribution in [0.2, 0.25) is 0 Å². The molecule has 1 unspecified atom stereocenters. The van der Waals surface area contributed by atoms with Gasteiger partial charge in [0.15, 0.2) is 0 Å². The minimum atomic E-state index is -2.87. The van der Waals surface area contributed by atoms with E-state index in [1.54, 1.807) is 30.8 Å². The van der Waals surface area contributed by atoms with Crippen LogP contribution in [-0.2, 0) is 9.84 Å². The standard InChI is InChI=1S/C14H22FNO2S2/c1-3-20(17,18)10-4-5-13(16-2)11-19-14-8-6-12(15)7-9-14/h6-9,13,16H,3-5,10-11H2,1-2H3. The van der Waals surface area contributed by atoms with E-state index in [1.165, 1.54) is 12.1 Å². The summed E-state index contributed by atoms with van der Waals surface area (Å²) in [5.41, 5.74) is 0. The third-order valence-corrected chi connectivity index (χ3v) is 6.09. The Kier molecular flexibility index (Phi) is 7.55. The van der Waals surface area contributed by atoms with Crippen LogP contribution >= 0.6 is 11.8 Å². The molecule has 1 aromatic carbocycles. The van der Waals surface area contributed by atoms with Crippen molar-refractivity contribution in [3.8, 4) is 0 Å². The smallest absolute Gasteiger partial charge is 0.150 e. The maximum Gasteiger partial charge on any atom is 0.150 e. The van der Waals surface area contributed by atoms with E-state index in [-0.39, 0.29) is 23.4 Å². The molecule has 20 heavy (non-hydrogen) atoms. The van der Waals surface area contributed by atoms with E-state index in [0.29, 0.717) is 6.42 Å². The van der Waals surface area contributed by atoms with Crippen LogP contribution in [0.25, 0.3) is 0 Å². The molecular formula is C14H22FNO2S2. The summed E-state index contributed by atoms with van der Waals surface area (Å²) in [5, 5.41) is 3.20. The molecule has 0 spiro atoms. The molecule has 3 nitrogen and oxygen atoms in total. The van der Waals surface area contributed by atoms with Crippen molar-refractivity contribution in [3.05, 3.63) is 30.1 Å². The fraction of sp³-hybridized carbons (Fsp3) is 0.571. The lowest BCUT2D eigenvalue weighted by Gasteiger charge is -2.15. The van der Waals surface area contributed by atoms with Gasteiger partial charge in [0.25, 0.3) is 0 Å². The summed E-state index contributed by atoms with van der Waals surface area (Å²) in [6.07, 6.45) is 1.50. The summed E-state index contributed by atoms with van der Waals surface area (Å²) in [5.74, 6) is 1.07. The van der Waals surface area contributed by atoms with Crippen LogP contribution in [0.15, 0.2) is 29.2 Å². The Bertz CT molecular complexity index is 488. The van der Waals surface area contributed by atoms with E-state index in [0.717, 1.165) is 17.1 Å². The van der Waals surface area contributed by atoms with Gasteiger partial charge in [0.1, 0.15) is 15.7 Å². The number of rotatable bonds is 9. The SMILES string of the molecule is CCS(=O)(=O)CCCC(CSc1ccc(F)cc1)NC. The zero-order chi connectivity index (χ0) is 15.0. The molecule has 1 rings (SSSR count). The minimum absolute atomic E-state index is 0.210. The van der Waals surface area contributed by atoms with Gasteiger partial charge in [0.2, 0.25) is 0 Å². The average molecular weight is 319 g/mol. The van der Waals surface area contributed by atoms with E-state index >= 15 is 0 Å². The lowest BCUT2D eigenvalue weighted by Crippen LogP contribution is -2.28. The number of nitrogens with one attached hydrogen (secondary N) is 1. The average Bonchev–Trinajstić information content (AvgIpc) is 2.44. The Hall–Kier alpha value is -0.590. The molecule has 0 aliphatic carbocycles. The summed E-state index contributed by atoms with van der Waals surface area (Å²) in [7, 11) is -0.992. The first kappa shape index (κ1) is 17.5. The zero-order valence-corrected chi connectivity index (χ0v) is 13.6. The highest BCUT2D eigenvalue weighted by atomic mass is 32.2. The van der Waals surface area contributed by atoms with Crippen LogP contribution in [-0.4, -0.2) is 38.8 Å². The molecule has 0 aliphatic heterocycles. The molecule has 0 bridgehead atoms. The summed E-state index contributed by atoms with van der Waals surface area (Å²) in [6.45, 7) is 1.68. The molecule has 1 atom stereocenters. The summed E-state index contributed by atoms with van der Waals surface area (Å²) >= 11 is 1.65. The second kappa shape index (κ2) is 8.64.